The number of hydrogen-bond donors (Lipinski definition) is 1. The number of rotatable bonds is 5. The number of aromatic nitrogens is 2. The van der Waals surface area contributed by atoms with Gasteiger partial charge in [-0.15, -0.1) is 0 Å². The largest absolute Gasteiger partial charge is 0.481 e. The number of carboxylic acid groups (broad SMARTS) is 1. The topological polar surface area (TPSA) is 58.4 Å². The van der Waals surface area contributed by atoms with Crippen molar-refractivity contribution in [3.05, 3.63) is 51.8 Å². The van der Waals surface area contributed by atoms with E-state index in [1.54, 1.807) is 0 Å². The van der Waals surface area contributed by atoms with Crippen LogP contribution in [0.1, 0.15) is 22.9 Å². The zero-order valence-corrected chi connectivity index (χ0v) is 15.5. The van der Waals surface area contributed by atoms with Gasteiger partial charge in [-0.3, -0.25) is 14.4 Å². The van der Waals surface area contributed by atoms with E-state index in [4.69, 9.17) is 0 Å². The third-order valence-electron chi connectivity index (χ3n) is 4.74. The summed E-state index contributed by atoms with van der Waals surface area (Å²) in [5.41, 5.74) is 3.26. The van der Waals surface area contributed by atoms with E-state index < -0.39 is 5.97 Å². The van der Waals surface area contributed by atoms with E-state index in [1.807, 2.05) is 35.9 Å². The fourth-order valence-electron chi connectivity index (χ4n) is 3.50. The monoisotopic (exact) mass is 391 g/mol. The van der Waals surface area contributed by atoms with Crippen molar-refractivity contribution < 1.29 is 9.90 Å². The van der Waals surface area contributed by atoms with E-state index in [1.165, 1.54) is 0 Å². The highest BCUT2D eigenvalue weighted by Crippen LogP contribution is 2.33. The average Bonchev–Trinajstić information content (AvgIpc) is 3.09. The van der Waals surface area contributed by atoms with Crippen molar-refractivity contribution >= 4 is 21.9 Å². The van der Waals surface area contributed by atoms with E-state index in [0.29, 0.717) is 6.54 Å². The van der Waals surface area contributed by atoms with Crippen molar-refractivity contribution in [1.29, 1.82) is 0 Å². The maximum absolute atomic E-state index is 11.7. The smallest absolute Gasteiger partial charge is 0.308 e. The molecule has 0 aliphatic carbocycles. The third kappa shape index (κ3) is 3.70. The minimum absolute atomic E-state index is 0.0380. The molecule has 0 saturated carbocycles. The molecule has 2 atom stereocenters. The number of nitrogens with zero attached hydrogens (tertiary/aromatic N) is 3. The van der Waals surface area contributed by atoms with Gasteiger partial charge in [-0.05, 0) is 37.6 Å². The molecule has 1 aromatic carbocycles. The molecule has 1 N–H and O–H groups in total. The molecular weight excluding hydrogens is 370 g/mol. The highest BCUT2D eigenvalue weighted by atomic mass is 79.9. The zero-order chi connectivity index (χ0) is 17.3. The highest BCUT2D eigenvalue weighted by Gasteiger charge is 2.38. The number of carboxylic acids is 1. The fourth-order valence-corrected chi connectivity index (χ4v) is 3.77. The Hall–Kier alpha value is -1.66. The third-order valence-corrected chi connectivity index (χ3v) is 5.27. The summed E-state index contributed by atoms with van der Waals surface area (Å²) in [5, 5.41) is 14.1. The number of halogens is 1. The molecule has 6 heteroatoms. The van der Waals surface area contributed by atoms with Crippen LogP contribution in [0, 0.1) is 19.8 Å². The van der Waals surface area contributed by atoms with Crippen LogP contribution in [0.15, 0.2) is 34.8 Å². The summed E-state index contributed by atoms with van der Waals surface area (Å²) in [6.45, 7) is 7.02. The van der Waals surface area contributed by atoms with Gasteiger partial charge in [0.05, 0.1) is 18.2 Å². The van der Waals surface area contributed by atoms with E-state index in [-0.39, 0.29) is 11.8 Å². The van der Waals surface area contributed by atoms with Crippen molar-refractivity contribution in [1.82, 2.24) is 14.7 Å². The SMILES string of the molecule is Cc1cc(C)n(CCN2C[C@@H](C(=O)O)[C@H](c3ccc(Br)cc3)C2)n1. The molecule has 0 amide bonds. The lowest BCUT2D eigenvalue weighted by atomic mass is 9.89. The second kappa shape index (κ2) is 7.07. The Morgan fingerprint density at radius 2 is 1.96 bits per heavy atom. The van der Waals surface area contributed by atoms with E-state index in [9.17, 15) is 9.90 Å². The van der Waals surface area contributed by atoms with Crippen LogP contribution in [0.25, 0.3) is 0 Å². The maximum atomic E-state index is 11.7. The summed E-state index contributed by atoms with van der Waals surface area (Å²) >= 11 is 3.43. The van der Waals surface area contributed by atoms with Crippen LogP contribution in [0.5, 0.6) is 0 Å². The van der Waals surface area contributed by atoms with Crippen molar-refractivity contribution in [2.24, 2.45) is 5.92 Å². The number of aliphatic carboxylic acids is 1. The molecule has 1 saturated heterocycles. The van der Waals surface area contributed by atoms with Crippen molar-refractivity contribution in [2.75, 3.05) is 19.6 Å². The first-order valence-corrected chi connectivity index (χ1v) is 8.95. The first kappa shape index (κ1) is 17.2. The molecule has 1 fully saturated rings. The van der Waals surface area contributed by atoms with Crippen LogP contribution in [0.2, 0.25) is 0 Å². The lowest BCUT2D eigenvalue weighted by Gasteiger charge is -2.16. The van der Waals surface area contributed by atoms with Crippen LogP contribution in [-0.4, -0.2) is 45.4 Å². The summed E-state index contributed by atoms with van der Waals surface area (Å²) in [6.07, 6.45) is 0. The molecular formula is C18H22BrN3O2. The Kier molecular flexibility index (Phi) is 5.06. The minimum atomic E-state index is -0.712. The van der Waals surface area contributed by atoms with Gasteiger partial charge in [0.1, 0.15) is 0 Å². The lowest BCUT2D eigenvalue weighted by molar-refractivity contribution is -0.141. The Morgan fingerprint density at radius 3 is 2.54 bits per heavy atom. The van der Waals surface area contributed by atoms with Gasteiger partial charge in [-0.2, -0.15) is 5.10 Å². The number of hydrogen-bond acceptors (Lipinski definition) is 3. The van der Waals surface area contributed by atoms with Gasteiger partial charge >= 0.3 is 5.97 Å². The highest BCUT2D eigenvalue weighted by molar-refractivity contribution is 9.10. The Labute approximate surface area is 150 Å². The van der Waals surface area contributed by atoms with Gasteiger partial charge in [0, 0.05) is 35.7 Å². The van der Waals surface area contributed by atoms with E-state index in [2.05, 4.69) is 38.9 Å². The first-order chi connectivity index (χ1) is 11.4. The van der Waals surface area contributed by atoms with Crippen LogP contribution >= 0.6 is 15.9 Å². The first-order valence-electron chi connectivity index (χ1n) is 8.15. The molecule has 0 spiro atoms. The number of aryl methyl sites for hydroxylation is 2. The molecule has 128 valence electrons. The normalized spacial score (nSPS) is 21.3. The second-order valence-electron chi connectivity index (χ2n) is 6.51. The summed E-state index contributed by atoms with van der Waals surface area (Å²) in [4.78, 5) is 13.9. The van der Waals surface area contributed by atoms with Crippen LogP contribution < -0.4 is 0 Å². The molecule has 1 aliphatic heterocycles. The molecule has 2 aromatic rings. The molecule has 5 nitrogen and oxygen atoms in total. The van der Waals surface area contributed by atoms with Gasteiger partial charge in [0.25, 0.3) is 0 Å². The van der Waals surface area contributed by atoms with Gasteiger partial charge in [0.15, 0.2) is 0 Å². The van der Waals surface area contributed by atoms with Gasteiger partial charge in [-0.1, -0.05) is 28.1 Å². The van der Waals surface area contributed by atoms with Crippen molar-refractivity contribution in [2.45, 2.75) is 26.3 Å². The summed E-state index contributed by atoms with van der Waals surface area (Å²) in [7, 11) is 0. The minimum Gasteiger partial charge on any atom is -0.481 e. The zero-order valence-electron chi connectivity index (χ0n) is 13.9. The van der Waals surface area contributed by atoms with E-state index in [0.717, 1.165) is 41.1 Å². The average molecular weight is 392 g/mol. The van der Waals surface area contributed by atoms with Crippen LogP contribution in [0.4, 0.5) is 0 Å². The maximum Gasteiger partial charge on any atom is 0.308 e. The summed E-state index contributed by atoms with van der Waals surface area (Å²) < 4.78 is 3.01. The molecule has 2 heterocycles. The Bertz CT molecular complexity index is 726. The van der Waals surface area contributed by atoms with Gasteiger partial charge < -0.3 is 5.11 Å². The Balaban J connectivity index is 1.69. The molecule has 0 unspecified atom stereocenters. The standard InChI is InChI=1S/C18H22BrN3O2/c1-12-9-13(2)22(20-12)8-7-21-10-16(17(11-21)18(23)24)14-3-5-15(19)6-4-14/h3-6,9,16-17H,7-8,10-11H2,1-2H3,(H,23,24)/t16-,17+/m0/s1. The lowest BCUT2D eigenvalue weighted by Crippen LogP contribution is -2.27. The number of benzene rings is 1. The molecule has 0 bridgehead atoms. The van der Waals surface area contributed by atoms with Crippen molar-refractivity contribution in [3.8, 4) is 0 Å². The number of carbonyl (C=O) groups is 1. The predicted octanol–water partition coefficient (Wildman–Crippen LogP) is 3.06. The fraction of sp³-hybridized carbons (Fsp3) is 0.444. The Morgan fingerprint density at radius 1 is 1.25 bits per heavy atom. The molecule has 3 rings (SSSR count). The van der Waals surface area contributed by atoms with Crippen LogP contribution in [0.3, 0.4) is 0 Å². The quantitative estimate of drug-likeness (QED) is 0.850. The number of likely N-dealkylation sites (tertiary alicyclic amines) is 1. The van der Waals surface area contributed by atoms with Gasteiger partial charge in [-0.25, -0.2) is 0 Å². The summed E-state index contributed by atoms with van der Waals surface area (Å²) in [5.74, 6) is -1.03. The molecule has 1 aliphatic rings. The summed E-state index contributed by atoms with van der Waals surface area (Å²) in [6, 6.07) is 10.1. The van der Waals surface area contributed by atoms with E-state index >= 15 is 0 Å². The second-order valence-corrected chi connectivity index (χ2v) is 7.43. The molecule has 24 heavy (non-hydrogen) atoms. The predicted molar refractivity (Wildman–Crippen MR) is 96.1 cm³/mol. The molecule has 1 aromatic heterocycles. The van der Waals surface area contributed by atoms with Gasteiger partial charge in [0.2, 0.25) is 0 Å². The molecule has 0 radical (unpaired) electrons. The van der Waals surface area contributed by atoms with Crippen LogP contribution in [-0.2, 0) is 11.3 Å². The van der Waals surface area contributed by atoms with Crippen molar-refractivity contribution in [3.63, 3.8) is 0 Å².